The Balaban J connectivity index is 2.68. The van der Waals surface area contributed by atoms with Gasteiger partial charge in [0, 0.05) is 6.54 Å². The molecule has 1 N–H and O–H groups in total. The first-order valence-corrected chi connectivity index (χ1v) is 3.05. The highest BCUT2D eigenvalue weighted by atomic mass is 14.8. The highest BCUT2D eigenvalue weighted by Crippen LogP contribution is 2.07. The normalized spacial score (nSPS) is 16.3. The molecule has 1 nitrogen and oxygen atoms in total. The summed E-state index contributed by atoms with van der Waals surface area (Å²) in [5.74, 6) is 0. The number of rotatable bonds is 1. The average Bonchev–Trinajstić information content (AvgIpc) is 1.90. The Morgan fingerprint density at radius 2 is 2.56 bits per heavy atom. The highest BCUT2D eigenvalue weighted by Gasteiger charge is 1.96. The van der Waals surface area contributed by atoms with Gasteiger partial charge in [-0.05, 0) is 24.8 Å². The number of nitrogens with one attached hydrogen (secondary N) is 1. The van der Waals surface area contributed by atoms with Crippen molar-refractivity contribution in [2.45, 2.75) is 6.92 Å². The first-order valence-electron chi connectivity index (χ1n) is 3.05. The minimum Gasteiger partial charge on any atom is -0.387 e. The first-order chi connectivity index (χ1) is 4.30. The van der Waals surface area contributed by atoms with E-state index in [2.05, 4.69) is 18.0 Å². The third-order valence-electron chi connectivity index (χ3n) is 1.35. The molecule has 1 heteroatoms. The summed E-state index contributed by atoms with van der Waals surface area (Å²) in [6, 6.07) is 0. The lowest BCUT2D eigenvalue weighted by molar-refractivity contribution is 0.927. The van der Waals surface area contributed by atoms with E-state index in [-0.39, 0.29) is 0 Å². The molecule has 0 aliphatic carbocycles. The zero-order chi connectivity index (χ0) is 6.69. The van der Waals surface area contributed by atoms with Crippen molar-refractivity contribution in [3.63, 3.8) is 0 Å². The van der Waals surface area contributed by atoms with Crippen molar-refractivity contribution in [2.75, 3.05) is 6.54 Å². The molecule has 0 atom stereocenters. The van der Waals surface area contributed by atoms with Crippen molar-refractivity contribution < 1.29 is 0 Å². The molecule has 0 aromatic rings. The van der Waals surface area contributed by atoms with E-state index in [1.54, 1.807) is 0 Å². The Morgan fingerprint density at radius 1 is 1.78 bits per heavy atom. The summed E-state index contributed by atoms with van der Waals surface area (Å²) in [6.07, 6.45) is 6.01. The van der Waals surface area contributed by atoms with Crippen molar-refractivity contribution in [1.29, 1.82) is 0 Å². The third-order valence-corrected chi connectivity index (χ3v) is 1.35. The Morgan fingerprint density at radius 3 is 2.89 bits per heavy atom. The molecule has 9 heavy (non-hydrogen) atoms. The van der Waals surface area contributed by atoms with Crippen LogP contribution < -0.4 is 5.32 Å². The predicted octanol–water partition coefficient (Wildman–Crippen LogP) is 1.61. The van der Waals surface area contributed by atoms with E-state index in [4.69, 9.17) is 0 Å². The second kappa shape index (κ2) is 2.53. The fraction of sp³-hybridized carbons (Fsp3) is 0.250. The maximum atomic E-state index is 3.84. The molecule has 0 radical (unpaired) electrons. The molecule has 0 saturated carbocycles. The van der Waals surface area contributed by atoms with Gasteiger partial charge in [0.15, 0.2) is 0 Å². The van der Waals surface area contributed by atoms with Crippen LogP contribution in [0, 0.1) is 0 Å². The molecule has 0 bridgehead atoms. The monoisotopic (exact) mass is 121 g/mol. The predicted molar refractivity (Wildman–Crippen MR) is 40.0 cm³/mol. The van der Waals surface area contributed by atoms with Crippen LogP contribution in [0.25, 0.3) is 0 Å². The van der Waals surface area contributed by atoms with Gasteiger partial charge in [-0.1, -0.05) is 18.2 Å². The van der Waals surface area contributed by atoms with Crippen LogP contribution in [0.4, 0.5) is 0 Å². The van der Waals surface area contributed by atoms with Crippen molar-refractivity contribution in [1.82, 2.24) is 5.32 Å². The lowest BCUT2D eigenvalue weighted by Crippen LogP contribution is -2.12. The van der Waals surface area contributed by atoms with E-state index in [9.17, 15) is 0 Å². The molecular formula is C8H11N. The van der Waals surface area contributed by atoms with E-state index in [0.717, 1.165) is 12.1 Å². The second-order valence-corrected chi connectivity index (χ2v) is 2.21. The van der Waals surface area contributed by atoms with Gasteiger partial charge in [0.2, 0.25) is 0 Å². The van der Waals surface area contributed by atoms with Crippen LogP contribution in [-0.4, -0.2) is 6.54 Å². The van der Waals surface area contributed by atoms with Crippen LogP contribution in [0.2, 0.25) is 0 Å². The van der Waals surface area contributed by atoms with Crippen molar-refractivity contribution >= 4 is 0 Å². The lowest BCUT2D eigenvalue weighted by Gasteiger charge is -2.08. The summed E-state index contributed by atoms with van der Waals surface area (Å²) in [6.45, 7) is 6.78. The van der Waals surface area contributed by atoms with Crippen LogP contribution in [-0.2, 0) is 0 Å². The zero-order valence-corrected chi connectivity index (χ0v) is 5.65. The SMILES string of the molecule is C=C(C)C1=CC=CNC1. The summed E-state index contributed by atoms with van der Waals surface area (Å²) in [4.78, 5) is 0. The molecule has 0 aromatic carbocycles. The molecule has 48 valence electrons. The van der Waals surface area contributed by atoms with Gasteiger partial charge in [-0.25, -0.2) is 0 Å². The van der Waals surface area contributed by atoms with Gasteiger partial charge in [-0.2, -0.15) is 0 Å². The van der Waals surface area contributed by atoms with Gasteiger partial charge >= 0.3 is 0 Å². The minimum absolute atomic E-state index is 0.922. The molecule has 0 saturated heterocycles. The first kappa shape index (κ1) is 6.14. The Hall–Kier alpha value is -0.980. The van der Waals surface area contributed by atoms with Gasteiger partial charge in [0.1, 0.15) is 0 Å². The maximum absolute atomic E-state index is 3.84. The van der Waals surface area contributed by atoms with Crippen molar-refractivity contribution in [2.24, 2.45) is 0 Å². The van der Waals surface area contributed by atoms with Crippen LogP contribution in [0.3, 0.4) is 0 Å². The fourth-order valence-electron chi connectivity index (χ4n) is 0.753. The average molecular weight is 121 g/mol. The Kier molecular flexibility index (Phi) is 1.73. The molecule has 0 spiro atoms. The lowest BCUT2D eigenvalue weighted by atomic mass is 10.1. The standard InChI is InChI=1S/C8H11N/c1-7(2)8-4-3-5-9-6-8/h3-5,9H,1,6H2,2H3. The number of hydrogen-bond donors (Lipinski definition) is 1. The molecule has 1 aliphatic heterocycles. The van der Waals surface area contributed by atoms with Crippen LogP contribution in [0.5, 0.6) is 0 Å². The van der Waals surface area contributed by atoms with Gasteiger partial charge < -0.3 is 5.32 Å². The molecule has 1 aliphatic rings. The number of allylic oxidation sites excluding steroid dienone is 2. The molecule has 0 unspecified atom stereocenters. The largest absolute Gasteiger partial charge is 0.387 e. The van der Waals surface area contributed by atoms with Gasteiger partial charge in [-0.3, -0.25) is 0 Å². The maximum Gasteiger partial charge on any atom is 0.0397 e. The van der Waals surface area contributed by atoms with E-state index in [1.807, 2.05) is 19.2 Å². The van der Waals surface area contributed by atoms with Gasteiger partial charge in [-0.15, -0.1) is 0 Å². The number of hydrogen-bond acceptors (Lipinski definition) is 1. The minimum atomic E-state index is 0.922. The van der Waals surface area contributed by atoms with Crippen LogP contribution in [0.1, 0.15) is 6.92 Å². The van der Waals surface area contributed by atoms with E-state index in [1.165, 1.54) is 5.57 Å². The topological polar surface area (TPSA) is 12.0 Å². The summed E-state index contributed by atoms with van der Waals surface area (Å²) < 4.78 is 0. The number of dihydropyridines is 1. The van der Waals surface area contributed by atoms with E-state index in [0.29, 0.717) is 0 Å². The van der Waals surface area contributed by atoms with Crippen LogP contribution >= 0.6 is 0 Å². The smallest absolute Gasteiger partial charge is 0.0397 e. The molecule has 1 heterocycles. The summed E-state index contributed by atoms with van der Waals surface area (Å²) in [5.41, 5.74) is 2.43. The summed E-state index contributed by atoms with van der Waals surface area (Å²) in [5, 5.41) is 3.11. The zero-order valence-electron chi connectivity index (χ0n) is 5.65. The van der Waals surface area contributed by atoms with E-state index < -0.39 is 0 Å². The van der Waals surface area contributed by atoms with E-state index >= 15 is 0 Å². The molecule has 0 aromatic heterocycles. The molecule has 0 fully saturated rings. The fourth-order valence-corrected chi connectivity index (χ4v) is 0.753. The summed E-state index contributed by atoms with van der Waals surface area (Å²) >= 11 is 0. The highest BCUT2D eigenvalue weighted by molar-refractivity contribution is 5.33. The summed E-state index contributed by atoms with van der Waals surface area (Å²) in [7, 11) is 0. The quantitative estimate of drug-likeness (QED) is 0.555. The Bertz CT molecular complexity index is 175. The Labute approximate surface area is 55.8 Å². The van der Waals surface area contributed by atoms with Crippen molar-refractivity contribution in [3.05, 3.63) is 36.1 Å². The molecular weight excluding hydrogens is 110 g/mol. The second-order valence-electron chi connectivity index (χ2n) is 2.21. The van der Waals surface area contributed by atoms with Gasteiger partial charge in [0.05, 0.1) is 0 Å². The molecule has 1 rings (SSSR count). The van der Waals surface area contributed by atoms with Gasteiger partial charge in [0.25, 0.3) is 0 Å². The van der Waals surface area contributed by atoms with Crippen LogP contribution in [0.15, 0.2) is 36.1 Å². The van der Waals surface area contributed by atoms with Crippen molar-refractivity contribution in [3.8, 4) is 0 Å². The third kappa shape index (κ3) is 1.46. The molecule has 0 amide bonds.